The van der Waals surface area contributed by atoms with Crippen molar-refractivity contribution in [1.29, 1.82) is 0 Å². The molecule has 0 radical (unpaired) electrons. The predicted molar refractivity (Wildman–Crippen MR) is 154 cm³/mol. The van der Waals surface area contributed by atoms with Crippen LogP contribution in [-0.2, 0) is 31.0 Å². The first kappa shape index (κ1) is 28.6. The van der Waals surface area contributed by atoms with Gasteiger partial charge < -0.3 is 14.6 Å². The van der Waals surface area contributed by atoms with Crippen molar-refractivity contribution >= 4 is 29.1 Å². The molecule has 0 bridgehead atoms. The third-order valence-corrected chi connectivity index (χ3v) is 6.95. The smallest absolute Gasteiger partial charge is 0.309 e. The van der Waals surface area contributed by atoms with Gasteiger partial charge in [-0.25, -0.2) is 0 Å². The molecule has 1 aliphatic rings. The molecule has 0 aliphatic carbocycles. The maximum absolute atomic E-state index is 13.6. The number of esters is 1. The van der Waals surface area contributed by atoms with Crippen molar-refractivity contribution in [1.82, 2.24) is 0 Å². The second-order valence-electron chi connectivity index (χ2n) is 10.9. The fraction of sp³-hybridized carbons (Fsp3) is 0.303. The molecule has 1 saturated heterocycles. The zero-order chi connectivity index (χ0) is 29.2. The number of carbonyl (C=O) groups excluding carboxylic acids is 3. The molecule has 1 amide bonds. The number of benzene rings is 3. The monoisotopic (exact) mass is 541 g/mol. The molecule has 0 aromatic heterocycles. The number of ether oxygens (including phenoxy) is 2. The minimum Gasteiger partial charge on any atom is -0.507 e. The maximum atomic E-state index is 13.6. The van der Waals surface area contributed by atoms with Crippen LogP contribution < -0.4 is 9.64 Å². The molecule has 1 atom stereocenters. The van der Waals surface area contributed by atoms with Crippen LogP contribution in [0, 0.1) is 6.92 Å². The molecule has 1 unspecified atom stereocenters. The van der Waals surface area contributed by atoms with Gasteiger partial charge in [0.15, 0.2) is 0 Å². The van der Waals surface area contributed by atoms with E-state index in [1.807, 2.05) is 65.0 Å². The van der Waals surface area contributed by atoms with Crippen molar-refractivity contribution in [3.05, 3.63) is 100 Å². The van der Waals surface area contributed by atoms with Crippen LogP contribution in [0.5, 0.6) is 5.75 Å². The number of Topliss-reactive ketones (excluding diaryl/α,β-unsaturated/α-hetero) is 1. The number of ketones is 1. The topological polar surface area (TPSA) is 93.1 Å². The Labute approximate surface area is 235 Å². The number of aryl methyl sites for hydroxylation is 1. The lowest BCUT2D eigenvalue weighted by Crippen LogP contribution is -2.29. The molecule has 0 spiro atoms. The molecule has 208 valence electrons. The summed E-state index contributed by atoms with van der Waals surface area (Å²) < 4.78 is 10.6. The summed E-state index contributed by atoms with van der Waals surface area (Å²) in [4.78, 5) is 40.2. The minimum atomic E-state index is -0.851. The van der Waals surface area contributed by atoms with Gasteiger partial charge in [0.2, 0.25) is 0 Å². The number of rotatable bonds is 7. The van der Waals surface area contributed by atoms with Gasteiger partial charge in [-0.05, 0) is 60.7 Å². The Morgan fingerprint density at radius 1 is 1.00 bits per heavy atom. The summed E-state index contributed by atoms with van der Waals surface area (Å²) in [5.41, 5.74) is 3.85. The first-order chi connectivity index (χ1) is 19.0. The summed E-state index contributed by atoms with van der Waals surface area (Å²) in [5, 5.41) is 11.6. The molecule has 0 saturated carbocycles. The fourth-order valence-corrected chi connectivity index (χ4v) is 4.97. The number of nitrogens with zero attached hydrogens (tertiary/aromatic N) is 1. The molecule has 3 aromatic carbocycles. The highest BCUT2D eigenvalue weighted by Crippen LogP contribution is 2.43. The van der Waals surface area contributed by atoms with Crippen LogP contribution in [0.2, 0.25) is 0 Å². The van der Waals surface area contributed by atoms with E-state index in [1.165, 1.54) is 12.0 Å². The number of aliphatic hydroxyl groups is 1. The standard InChI is InChI=1S/C33H35NO6/c1-7-40-26-16-13-23(19-25(26)33(3,4)5)30(36)28-29(22-10-8-9-20(2)17-22)34(32(38)31(28)37)24-14-11-21(12-15-24)18-27(35)39-6/h8-17,19,29,36H,7,18H2,1-6H3/b30-28-. The first-order valence-corrected chi connectivity index (χ1v) is 13.3. The van der Waals surface area contributed by atoms with Crippen LogP contribution in [0.25, 0.3) is 5.76 Å². The van der Waals surface area contributed by atoms with Crippen molar-refractivity contribution in [3.63, 3.8) is 0 Å². The van der Waals surface area contributed by atoms with E-state index in [0.29, 0.717) is 34.7 Å². The Bertz CT molecular complexity index is 1480. The van der Waals surface area contributed by atoms with Crippen LogP contribution in [0.1, 0.15) is 61.6 Å². The first-order valence-electron chi connectivity index (χ1n) is 13.3. The number of hydrogen-bond donors (Lipinski definition) is 1. The summed E-state index contributed by atoms with van der Waals surface area (Å²) in [7, 11) is 1.33. The van der Waals surface area contributed by atoms with E-state index in [9.17, 15) is 19.5 Å². The third-order valence-electron chi connectivity index (χ3n) is 6.95. The molecule has 1 aliphatic heterocycles. The number of aliphatic hydroxyl groups excluding tert-OH is 1. The number of amides is 1. The van der Waals surface area contributed by atoms with Crippen molar-refractivity contribution in [2.75, 3.05) is 18.6 Å². The highest BCUT2D eigenvalue weighted by molar-refractivity contribution is 6.51. The van der Waals surface area contributed by atoms with E-state index in [0.717, 1.165) is 11.1 Å². The molecule has 1 heterocycles. The van der Waals surface area contributed by atoms with Gasteiger partial charge in [0.05, 0.1) is 31.8 Å². The van der Waals surface area contributed by atoms with Gasteiger partial charge in [-0.3, -0.25) is 19.3 Å². The summed E-state index contributed by atoms with van der Waals surface area (Å²) >= 11 is 0. The zero-order valence-electron chi connectivity index (χ0n) is 23.8. The average Bonchev–Trinajstić information content (AvgIpc) is 3.18. The third kappa shape index (κ3) is 5.64. The number of anilines is 1. The van der Waals surface area contributed by atoms with Gasteiger partial charge in [0.25, 0.3) is 11.7 Å². The Balaban J connectivity index is 1.88. The van der Waals surface area contributed by atoms with Crippen molar-refractivity contribution in [3.8, 4) is 5.75 Å². The summed E-state index contributed by atoms with van der Waals surface area (Å²) in [6.07, 6.45) is 0.0881. The van der Waals surface area contributed by atoms with Gasteiger partial charge >= 0.3 is 5.97 Å². The van der Waals surface area contributed by atoms with Crippen molar-refractivity contribution in [2.45, 2.75) is 52.5 Å². The quantitative estimate of drug-likeness (QED) is 0.170. The molecular weight excluding hydrogens is 506 g/mol. The summed E-state index contributed by atoms with van der Waals surface area (Å²) in [6, 6.07) is 18.8. The van der Waals surface area contributed by atoms with E-state index >= 15 is 0 Å². The lowest BCUT2D eigenvalue weighted by Gasteiger charge is -2.26. The van der Waals surface area contributed by atoms with Crippen LogP contribution in [0.15, 0.2) is 72.3 Å². The molecule has 40 heavy (non-hydrogen) atoms. The molecule has 1 fully saturated rings. The van der Waals surface area contributed by atoms with Crippen LogP contribution >= 0.6 is 0 Å². The second-order valence-corrected chi connectivity index (χ2v) is 10.9. The molecule has 4 rings (SSSR count). The van der Waals surface area contributed by atoms with Gasteiger partial charge in [0, 0.05) is 16.8 Å². The zero-order valence-corrected chi connectivity index (χ0v) is 23.8. The largest absolute Gasteiger partial charge is 0.507 e. The van der Waals surface area contributed by atoms with Crippen LogP contribution in [-0.4, -0.2) is 36.5 Å². The van der Waals surface area contributed by atoms with Crippen LogP contribution in [0.4, 0.5) is 5.69 Å². The van der Waals surface area contributed by atoms with E-state index < -0.39 is 17.7 Å². The molecule has 3 aromatic rings. The van der Waals surface area contributed by atoms with Crippen molar-refractivity contribution < 1.29 is 29.0 Å². The SMILES string of the molecule is CCOc1ccc(/C(O)=C2/C(=O)C(=O)N(c3ccc(CC(=O)OC)cc3)C2c2cccc(C)c2)cc1C(C)(C)C. The Morgan fingerprint density at radius 2 is 1.70 bits per heavy atom. The maximum Gasteiger partial charge on any atom is 0.309 e. The summed E-state index contributed by atoms with van der Waals surface area (Å²) in [6.45, 7) is 10.5. The minimum absolute atomic E-state index is 0.0123. The van der Waals surface area contributed by atoms with Gasteiger partial charge in [-0.15, -0.1) is 0 Å². The lowest BCUT2D eigenvalue weighted by molar-refractivity contribution is -0.139. The predicted octanol–water partition coefficient (Wildman–Crippen LogP) is 6.03. The van der Waals surface area contributed by atoms with Crippen molar-refractivity contribution in [2.24, 2.45) is 0 Å². The van der Waals surface area contributed by atoms with Crippen LogP contribution in [0.3, 0.4) is 0 Å². The van der Waals surface area contributed by atoms with E-state index in [4.69, 9.17) is 9.47 Å². The molecule has 7 heteroatoms. The Morgan fingerprint density at radius 3 is 2.30 bits per heavy atom. The average molecular weight is 542 g/mol. The van der Waals surface area contributed by atoms with E-state index in [1.54, 1.807) is 36.4 Å². The highest BCUT2D eigenvalue weighted by atomic mass is 16.5. The molecule has 1 N–H and O–H groups in total. The summed E-state index contributed by atoms with van der Waals surface area (Å²) in [5.74, 6) is -1.43. The Hall–Kier alpha value is -4.39. The fourth-order valence-electron chi connectivity index (χ4n) is 4.97. The number of methoxy groups -OCH3 is 1. The van der Waals surface area contributed by atoms with Gasteiger partial charge in [-0.2, -0.15) is 0 Å². The molecule has 7 nitrogen and oxygen atoms in total. The normalized spacial score (nSPS) is 16.8. The van der Waals surface area contributed by atoms with E-state index in [2.05, 4.69) is 0 Å². The van der Waals surface area contributed by atoms with Gasteiger partial charge in [-0.1, -0.05) is 62.7 Å². The molecular formula is C33H35NO6. The second kappa shape index (κ2) is 11.4. The Kier molecular flexibility index (Phi) is 8.14. The number of hydrogen-bond acceptors (Lipinski definition) is 6. The van der Waals surface area contributed by atoms with E-state index in [-0.39, 0.29) is 29.1 Å². The number of carbonyl (C=O) groups is 3. The highest BCUT2D eigenvalue weighted by Gasteiger charge is 2.47. The van der Waals surface area contributed by atoms with Gasteiger partial charge in [0.1, 0.15) is 11.5 Å². The lowest BCUT2D eigenvalue weighted by atomic mass is 9.84.